The molecular formula is C24H22N6O8. The van der Waals surface area contributed by atoms with Crippen molar-refractivity contribution >= 4 is 29.2 Å². The highest BCUT2D eigenvalue weighted by molar-refractivity contribution is 5.98. The van der Waals surface area contributed by atoms with E-state index in [2.05, 4.69) is 10.3 Å². The molecule has 2 amide bonds. The van der Waals surface area contributed by atoms with Gasteiger partial charge in [-0.05, 0) is 18.6 Å². The van der Waals surface area contributed by atoms with Crippen molar-refractivity contribution in [2.75, 3.05) is 0 Å². The topological polar surface area (TPSA) is 191 Å². The Balaban J connectivity index is 1.67. The van der Waals surface area contributed by atoms with Gasteiger partial charge in [-0.15, -0.1) is 0 Å². The highest BCUT2D eigenvalue weighted by Crippen LogP contribution is 2.27. The summed E-state index contributed by atoms with van der Waals surface area (Å²) in [5.74, 6) is -2.60. The number of rotatable bonds is 8. The maximum absolute atomic E-state index is 13.5. The number of fused-ring (bicyclic) bond motifs is 1. The number of aliphatic carboxylic acids is 1. The summed E-state index contributed by atoms with van der Waals surface area (Å²) in [6.07, 6.45) is 1.52. The molecule has 0 spiro atoms. The minimum Gasteiger partial charge on any atom is -0.480 e. The molecule has 0 saturated carbocycles. The monoisotopic (exact) mass is 522 g/mol. The molecule has 2 unspecified atom stereocenters. The predicted octanol–water partition coefficient (Wildman–Crippen LogP) is 1.90. The SMILES string of the molecule is CC(NC(=O)C1Cc2ncn(Cc3ccc([N+](=O)[O-])cc3)c2CN1C(=O)c1cccc([N+](=O)[O-])c1)C(=O)O. The molecule has 4 rings (SSSR count). The van der Waals surface area contributed by atoms with Gasteiger partial charge in [-0.2, -0.15) is 0 Å². The van der Waals surface area contributed by atoms with Crippen molar-refractivity contribution < 1.29 is 29.3 Å². The number of carboxylic acid groups (broad SMARTS) is 1. The Kier molecular flexibility index (Phi) is 7.14. The van der Waals surface area contributed by atoms with Gasteiger partial charge in [0, 0.05) is 42.8 Å². The summed E-state index contributed by atoms with van der Waals surface area (Å²) in [6.45, 7) is 1.50. The van der Waals surface area contributed by atoms with E-state index in [0.29, 0.717) is 11.4 Å². The van der Waals surface area contributed by atoms with Gasteiger partial charge in [0.15, 0.2) is 0 Å². The van der Waals surface area contributed by atoms with E-state index in [1.54, 1.807) is 16.7 Å². The van der Waals surface area contributed by atoms with E-state index in [1.807, 2.05) is 0 Å². The lowest BCUT2D eigenvalue weighted by atomic mass is 9.99. The smallest absolute Gasteiger partial charge is 0.325 e. The molecule has 196 valence electrons. The van der Waals surface area contributed by atoms with Crippen LogP contribution in [0.5, 0.6) is 0 Å². The number of hydrogen-bond acceptors (Lipinski definition) is 8. The minimum atomic E-state index is -1.25. The Morgan fingerprint density at radius 3 is 2.42 bits per heavy atom. The Bertz CT molecular complexity index is 1430. The molecule has 14 nitrogen and oxygen atoms in total. The number of carbonyl (C=O) groups excluding carboxylic acids is 2. The zero-order valence-corrected chi connectivity index (χ0v) is 20.0. The third-order valence-electron chi connectivity index (χ3n) is 6.21. The lowest BCUT2D eigenvalue weighted by molar-refractivity contribution is -0.385. The summed E-state index contributed by atoms with van der Waals surface area (Å²) >= 11 is 0. The predicted molar refractivity (Wildman–Crippen MR) is 130 cm³/mol. The summed E-state index contributed by atoms with van der Waals surface area (Å²) in [5.41, 5.74) is 1.52. The molecule has 1 aliphatic heterocycles. The van der Waals surface area contributed by atoms with Crippen molar-refractivity contribution in [2.24, 2.45) is 0 Å². The van der Waals surface area contributed by atoms with Crippen molar-refractivity contribution in [3.05, 3.63) is 97.6 Å². The fourth-order valence-electron chi connectivity index (χ4n) is 4.16. The zero-order valence-electron chi connectivity index (χ0n) is 20.0. The Hall–Kier alpha value is -5.14. The average molecular weight is 522 g/mol. The van der Waals surface area contributed by atoms with Gasteiger partial charge >= 0.3 is 5.97 Å². The molecule has 0 radical (unpaired) electrons. The number of imidazole rings is 1. The third-order valence-corrected chi connectivity index (χ3v) is 6.21. The first-order valence-electron chi connectivity index (χ1n) is 11.4. The Labute approximate surface area is 214 Å². The second kappa shape index (κ2) is 10.5. The number of carboxylic acids is 1. The van der Waals surface area contributed by atoms with Gasteiger partial charge in [0.05, 0.1) is 34.1 Å². The zero-order chi connectivity index (χ0) is 27.6. The molecule has 2 N–H and O–H groups in total. The van der Waals surface area contributed by atoms with E-state index in [4.69, 9.17) is 0 Å². The molecule has 2 atom stereocenters. The third kappa shape index (κ3) is 5.33. The molecule has 0 fully saturated rings. The van der Waals surface area contributed by atoms with Crippen LogP contribution in [0.1, 0.15) is 34.2 Å². The van der Waals surface area contributed by atoms with Gasteiger partial charge in [-0.3, -0.25) is 34.6 Å². The van der Waals surface area contributed by atoms with Crippen LogP contribution in [0.15, 0.2) is 54.9 Å². The maximum atomic E-state index is 13.5. The molecule has 3 aromatic rings. The largest absolute Gasteiger partial charge is 0.480 e. The van der Waals surface area contributed by atoms with E-state index < -0.39 is 39.7 Å². The Morgan fingerprint density at radius 1 is 1.11 bits per heavy atom. The highest BCUT2D eigenvalue weighted by Gasteiger charge is 2.38. The van der Waals surface area contributed by atoms with Crippen LogP contribution in [0.25, 0.3) is 0 Å². The fourth-order valence-corrected chi connectivity index (χ4v) is 4.16. The van der Waals surface area contributed by atoms with Crippen LogP contribution in [-0.2, 0) is 29.1 Å². The quantitative estimate of drug-likeness (QED) is 0.328. The van der Waals surface area contributed by atoms with Crippen LogP contribution in [-0.4, -0.2) is 59.3 Å². The van der Waals surface area contributed by atoms with E-state index >= 15 is 0 Å². The first-order chi connectivity index (χ1) is 18.0. The van der Waals surface area contributed by atoms with Crippen molar-refractivity contribution in [1.29, 1.82) is 0 Å². The average Bonchev–Trinajstić information content (AvgIpc) is 3.29. The number of benzene rings is 2. The van der Waals surface area contributed by atoms with Crippen LogP contribution < -0.4 is 5.32 Å². The van der Waals surface area contributed by atoms with Crippen LogP contribution in [0.3, 0.4) is 0 Å². The maximum Gasteiger partial charge on any atom is 0.325 e. The first-order valence-corrected chi connectivity index (χ1v) is 11.4. The van der Waals surface area contributed by atoms with Crippen molar-refractivity contribution in [2.45, 2.75) is 38.5 Å². The summed E-state index contributed by atoms with van der Waals surface area (Å²) in [5, 5.41) is 33.7. The number of hydrogen-bond donors (Lipinski definition) is 2. The van der Waals surface area contributed by atoms with Crippen molar-refractivity contribution in [3.8, 4) is 0 Å². The molecule has 0 saturated heterocycles. The number of non-ortho nitro benzene ring substituents is 2. The van der Waals surface area contributed by atoms with Gasteiger partial charge in [-0.1, -0.05) is 18.2 Å². The van der Waals surface area contributed by atoms with Crippen LogP contribution >= 0.6 is 0 Å². The normalized spacial score (nSPS) is 15.3. The number of aromatic nitrogens is 2. The van der Waals surface area contributed by atoms with Gasteiger partial charge in [0.2, 0.25) is 5.91 Å². The number of nitro groups is 2. The summed E-state index contributed by atoms with van der Waals surface area (Å²) in [7, 11) is 0. The number of carbonyl (C=O) groups is 3. The summed E-state index contributed by atoms with van der Waals surface area (Å²) in [4.78, 5) is 64.5. The lowest BCUT2D eigenvalue weighted by Gasteiger charge is -2.35. The van der Waals surface area contributed by atoms with E-state index in [1.165, 1.54) is 48.5 Å². The van der Waals surface area contributed by atoms with E-state index in [0.717, 1.165) is 11.6 Å². The standard InChI is InChI=1S/C24H22N6O8/c1-14(24(33)34)26-22(31)20-10-19-21(12-28(20)23(32)16-3-2-4-18(9-16)30(37)38)27(13-25-19)11-15-5-7-17(8-6-15)29(35)36/h2-9,13-14,20H,10-12H2,1H3,(H,26,31)(H,33,34). The van der Waals surface area contributed by atoms with Crippen LogP contribution in [0.2, 0.25) is 0 Å². The molecular weight excluding hydrogens is 500 g/mol. The molecule has 0 bridgehead atoms. The Morgan fingerprint density at radius 2 is 1.79 bits per heavy atom. The molecule has 0 aliphatic carbocycles. The van der Waals surface area contributed by atoms with Crippen molar-refractivity contribution in [3.63, 3.8) is 0 Å². The molecule has 2 heterocycles. The molecule has 2 aromatic carbocycles. The van der Waals surface area contributed by atoms with E-state index in [9.17, 15) is 39.7 Å². The van der Waals surface area contributed by atoms with Crippen LogP contribution in [0.4, 0.5) is 11.4 Å². The summed E-state index contributed by atoms with van der Waals surface area (Å²) in [6, 6.07) is 8.74. The lowest BCUT2D eigenvalue weighted by Crippen LogP contribution is -2.55. The van der Waals surface area contributed by atoms with Gasteiger partial charge < -0.3 is 19.9 Å². The fraction of sp³-hybridized carbons (Fsp3) is 0.250. The van der Waals surface area contributed by atoms with Crippen molar-refractivity contribution in [1.82, 2.24) is 19.8 Å². The number of nitrogens with one attached hydrogen (secondary N) is 1. The second-order valence-corrected chi connectivity index (χ2v) is 8.72. The molecule has 14 heteroatoms. The molecule has 1 aromatic heterocycles. The van der Waals surface area contributed by atoms with Gasteiger partial charge in [0.1, 0.15) is 12.1 Å². The van der Waals surface area contributed by atoms with Gasteiger partial charge in [0.25, 0.3) is 17.3 Å². The first kappa shape index (κ1) is 25.9. The minimum absolute atomic E-state index is 0.00633. The second-order valence-electron chi connectivity index (χ2n) is 8.72. The number of amides is 2. The number of nitro benzene ring substituents is 2. The number of nitrogens with zero attached hydrogens (tertiary/aromatic N) is 5. The van der Waals surface area contributed by atoms with Gasteiger partial charge in [-0.25, -0.2) is 4.98 Å². The highest BCUT2D eigenvalue weighted by atomic mass is 16.6. The summed E-state index contributed by atoms with van der Waals surface area (Å²) < 4.78 is 1.75. The van der Waals surface area contributed by atoms with Crippen LogP contribution in [0, 0.1) is 20.2 Å². The van der Waals surface area contributed by atoms with E-state index in [-0.39, 0.29) is 36.4 Å². The molecule has 1 aliphatic rings. The molecule has 38 heavy (non-hydrogen) atoms.